The molecule has 1 fully saturated rings. The summed E-state index contributed by atoms with van der Waals surface area (Å²) in [5.74, 6) is 0.0529. The first-order chi connectivity index (χ1) is 12.0. The fraction of sp³-hybridized carbons (Fsp3) is 0.211. The summed E-state index contributed by atoms with van der Waals surface area (Å²) in [5.41, 5.74) is 1.21. The number of amides is 1. The third-order valence-corrected chi connectivity index (χ3v) is 5.50. The third kappa shape index (κ3) is 2.89. The standard InChI is InChI=1S/C19H18N4OS/c1-19(14-5-6-16-13(10-14)7-9-25-16)11-17(24)23(18(20)22-19)12-15-4-2-3-8-21-15/h2-10H,11-12H2,1H3,(H2,20,22)/t19-/m0/s1. The number of carbonyl (C=O) groups excluding carboxylic acids is 1. The Morgan fingerprint density at radius 3 is 2.96 bits per heavy atom. The normalized spacial score (nSPS) is 20.8. The van der Waals surface area contributed by atoms with Crippen molar-refractivity contribution in [2.45, 2.75) is 25.4 Å². The molecule has 1 atom stereocenters. The van der Waals surface area contributed by atoms with E-state index in [0.717, 1.165) is 11.3 Å². The van der Waals surface area contributed by atoms with E-state index < -0.39 is 5.54 Å². The summed E-state index contributed by atoms with van der Waals surface area (Å²) in [5, 5.41) is 14.8. The van der Waals surface area contributed by atoms with E-state index >= 15 is 0 Å². The minimum atomic E-state index is -0.578. The molecule has 6 heteroatoms. The molecule has 0 radical (unpaired) electrons. The van der Waals surface area contributed by atoms with E-state index in [1.807, 2.05) is 31.2 Å². The summed E-state index contributed by atoms with van der Waals surface area (Å²) in [4.78, 5) is 18.4. The van der Waals surface area contributed by atoms with E-state index in [-0.39, 0.29) is 11.9 Å². The van der Waals surface area contributed by atoms with Crippen LogP contribution in [-0.4, -0.2) is 21.8 Å². The average molecular weight is 350 g/mol. The lowest BCUT2D eigenvalue weighted by Crippen LogP contribution is -2.59. The van der Waals surface area contributed by atoms with Gasteiger partial charge in [0.2, 0.25) is 5.91 Å². The quantitative estimate of drug-likeness (QED) is 0.760. The fourth-order valence-corrected chi connectivity index (χ4v) is 3.97. The number of aromatic nitrogens is 1. The summed E-state index contributed by atoms with van der Waals surface area (Å²) < 4.78 is 1.22. The lowest BCUT2D eigenvalue weighted by molar-refractivity contribution is -0.131. The summed E-state index contributed by atoms with van der Waals surface area (Å²) >= 11 is 1.70. The van der Waals surface area contributed by atoms with Crippen molar-refractivity contribution in [1.29, 1.82) is 5.41 Å². The molecule has 1 saturated heterocycles. The lowest BCUT2D eigenvalue weighted by atomic mass is 9.86. The second-order valence-corrected chi connectivity index (χ2v) is 7.40. The zero-order chi connectivity index (χ0) is 17.4. The van der Waals surface area contributed by atoms with Gasteiger partial charge >= 0.3 is 0 Å². The van der Waals surface area contributed by atoms with E-state index in [0.29, 0.717) is 13.0 Å². The number of rotatable bonds is 3. The summed E-state index contributed by atoms with van der Waals surface area (Å²) in [7, 11) is 0. The van der Waals surface area contributed by atoms with Gasteiger partial charge in [-0.25, -0.2) is 0 Å². The van der Waals surface area contributed by atoms with E-state index in [4.69, 9.17) is 5.41 Å². The van der Waals surface area contributed by atoms with Crippen LogP contribution in [0.25, 0.3) is 10.1 Å². The number of thiophene rings is 1. The topological polar surface area (TPSA) is 69.1 Å². The molecule has 0 unspecified atom stereocenters. The Morgan fingerprint density at radius 2 is 2.20 bits per heavy atom. The number of hydrogen-bond acceptors (Lipinski definition) is 4. The monoisotopic (exact) mass is 350 g/mol. The maximum absolute atomic E-state index is 12.7. The Bertz CT molecular complexity index is 932. The van der Waals surface area contributed by atoms with Gasteiger partial charge in [0.15, 0.2) is 5.96 Å². The Hall–Kier alpha value is -2.73. The first-order valence-electron chi connectivity index (χ1n) is 8.10. The van der Waals surface area contributed by atoms with Crippen molar-refractivity contribution < 1.29 is 4.79 Å². The molecule has 0 saturated carbocycles. The summed E-state index contributed by atoms with van der Waals surface area (Å²) in [6.07, 6.45) is 2.00. The van der Waals surface area contributed by atoms with Gasteiger partial charge in [-0.1, -0.05) is 12.1 Å². The van der Waals surface area contributed by atoms with Crippen LogP contribution >= 0.6 is 11.3 Å². The largest absolute Gasteiger partial charge is 0.346 e. The number of pyridine rings is 1. The van der Waals surface area contributed by atoms with Crippen molar-refractivity contribution in [1.82, 2.24) is 15.2 Å². The summed E-state index contributed by atoms with van der Waals surface area (Å²) in [6.45, 7) is 2.29. The molecule has 1 aromatic carbocycles. The van der Waals surface area contributed by atoms with Crippen LogP contribution in [0.15, 0.2) is 54.0 Å². The van der Waals surface area contributed by atoms with Crippen LogP contribution in [0, 0.1) is 5.41 Å². The highest BCUT2D eigenvalue weighted by atomic mass is 32.1. The molecule has 2 aromatic heterocycles. The average Bonchev–Trinajstić information content (AvgIpc) is 3.07. The van der Waals surface area contributed by atoms with Gasteiger partial charge in [-0.3, -0.25) is 20.1 Å². The Kier molecular flexibility index (Phi) is 3.77. The highest BCUT2D eigenvalue weighted by Crippen LogP contribution is 2.32. The van der Waals surface area contributed by atoms with E-state index in [9.17, 15) is 4.79 Å². The molecule has 126 valence electrons. The van der Waals surface area contributed by atoms with Crippen molar-refractivity contribution in [2.75, 3.05) is 0 Å². The number of benzene rings is 1. The van der Waals surface area contributed by atoms with Crippen LogP contribution in [0.1, 0.15) is 24.6 Å². The molecule has 1 amide bonds. The molecule has 2 N–H and O–H groups in total. The van der Waals surface area contributed by atoms with Crippen LogP contribution in [0.2, 0.25) is 0 Å². The van der Waals surface area contributed by atoms with Crippen LogP contribution in [-0.2, 0) is 16.9 Å². The van der Waals surface area contributed by atoms with Crippen molar-refractivity contribution in [3.63, 3.8) is 0 Å². The second kappa shape index (κ2) is 5.97. The van der Waals surface area contributed by atoms with Gasteiger partial charge in [-0.15, -0.1) is 11.3 Å². The first-order valence-corrected chi connectivity index (χ1v) is 8.98. The molecular formula is C19H18N4OS. The second-order valence-electron chi connectivity index (χ2n) is 6.46. The molecule has 25 heavy (non-hydrogen) atoms. The number of hydrogen-bond donors (Lipinski definition) is 2. The molecule has 1 aliphatic rings. The molecule has 4 rings (SSSR count). The van der Waals surface area contributed by atoms with E-state index in [2.05, 4.69) is 33.9 Å². The fourth-order valence-electron chi connectivity index (χ4n) is 3.20. The maximum Gasteiger partial charge on any atom is 0.232 e. The smallest absolute Gasteiger partial charge is 0.232 e. The lowest BCUT2D eigenvalue weighted by Gasteiger charge is -2.41. The van der Waals surface area contributed by atoms with Crippen molar-refractivity contribution in [3.8, 4) is 0 Å². The highest BCUT2D eigenvalue weighted by molar-refractivity contribution is 7.17. The van der Waals surface area contributed by atoms with E-state index in [1.54, 1.807) is 17.5 Å². The maximum atomic E-state index is 12.7. The van der Waals surface area contributed by atoms with Gasteiger partial charge in [0.25, 0.3) is 0 Å². The molecule has 3 aromatic rings. The molecule has 0 bridgehead atoms. The van der Waals surface area contributed by atoms with Gasteiger partial charge in [-0.2, -0.15) is 0 Å². The van der Waals surface area contributed by atoms with Crippen LogP contribution < -0.4 is 5.32 Å². The Morgan fingerprint density at radius 1 is 1.32 bits per heavy atom. The Balaban J connectivity index is 1.59. The molecule has 0 aliphatic carbocycles. The third-order valence-electron chi connectivity index (χ3n) is 4.61. The number of fused-ring (bicyclic) bond motifs is 1. The first kappa shape index (κ1) is 15.8. The van der Waals surface area contributed by atoms with Crippen LogP contribution in [0.5, 0.6) is 0 Å². The Labute approximate surface area is 149 Å². The minimum absolute atomic E-state index is 0.0673. The van der Waals surface area contributed by atoms with E-state index in [1.165, 1.54) is 15.0 Å². The van der Waals surface area contributed by atoms with Gasteiger partial charge in [0.05, 0.1) is 24.2 Å². The predicted octanol–water partition coefficient (Wildman–Crippen LogP) is 3.47. The van der Waals surface area contributed by atoms with Crippen LogP contribution in [0.4, 0.5) is 0 Å². The molecule has 0 spiro atoms. The zero-order valence-corrected chi connectivity index (χ0v) is 14.6. The SMILES string of the molecule is C[C@@]1(c2ccc3sccc3c2)CC(=O)N(Cc2ccccn2)C(=N)N1. The highest BCUT2D eigenvalue weighted by Gasteiger charge is 2.39. The molecule has 5 nitrogen and oxygen atoms in total. The number of nitrogens with one attached hydrogen (secondary N) is 2. The zero-order valence-electron chi connectivity index (χ0n) is 13.8. The van der Waals surface area contributed by atoms with Gasteiger partial charge < -0.3 is 5.32 Å². The number of guanidine groups is 1. The van der Waals surface area contributed by atoms with Gasteiger partial charge in [0, 0.05) is 10.9 Å². The predicted molar refractivity (Wildman–Crippen MR) is 99.4 cm³/mol. The molecule has 1 aliphatic heterocycles. The number of carbonyl (C=O) groups is 1. The van der Waals surface area contributed by atoms with Crippen molar-refractivity contribution in [3.05, 3.63) is 65.3 Å². The minimum Gasteiger partial charge on any atom is -0.346 e. The number of nitrogens with zero attached hydrogens (tertiary/aromatic N) is 2. The van der Waals surface area contributed by atoms with Gasteiger partial charge in [0.1, 0.15) is 0 Å². The summed E-state index contributed by atoms with van der Waals surface area (Å²) in [6, 6.07) is 13.9. The molecule has 3 heterocycles. The van der Waals surface area contributed by atoms with Crippen molar-refractivity contribution >= 4 is 33.3 Å². The van der Waals surface area contributed by atoms with Crippen LogP contribution in [0.3, 0.4) is 0 Å². The molecular weight excluding hydrogens is 332 g/mol. The van der Waals surface area contributed by atoms with Gasteiger partial charge in [-0.05, 0) is 53.6 Å². The van der Waals surface area contributed by atoms with Crippen molar-refractivity contribution in [2.24, 2.45) is 0 Å².